The Hall–Kier alpha value is -1.19. The van der Waals surface area contributed by atoms with Crippen LogP contribution in [0.25, 0.3) is 0 Å². The van der Waals surface area contributed by atoms with Crippen molar-refractivity contribution in [2.45, 2.75) is 39.2 Å². The Morgan fingerprint density at radius 2 is 2.26 bits per heavy atom. The topological polar surface area (TPSA) is 24.9 Å². The molecule has 1 unspecified atom stereocenters. The second-order valence-corrected chi connectivity index (χ2v) is 5.89. The van der Waals surface area contributed by atoms with Gasteiger partial charge in [0.1, 0.15) is 0 Å². The van der Waals surface area contributed by atoms with Crippen LogP contribution >= 0.6 is 11.3 Å². The van der Waals surface area contributed by atoms with Crippen LogP contribution in [0.15, 0.2) is 35.8 Å². The molecular formula is C16H22N2S. The number of thiophene rings is 1. The van der Waals surface area contributed by atoms with Crippen LogP contribution in [0.5, 0.6) is 0 Å². The van der Waals surface area contributed by atoms with E-state index in [0.29, 0.717) is 6.04 Å². The van der Waals surface area contributed by atoms with Crippen LogP contribution in [0.4, 0.5) is 0 Å². The first kappa shape index (κ1) is 14.2. The van der Waals surface area contributed by atoms with Crippen molar-refractivity contribution in [3.8, 4) is 0 Å². The second kappa shape index (κ2) is 7.41. The van der Waals surface area contributed by atoms with Gasteiger partial charge in [-0.2, -0.15) is 0 Å². The molecular weight excluding hydrogens is 252 g/mol. The zero-order valence-corrected chi connectivity index (χ0v) is 12.5. The smallest absolute Gasteiger partial charge is 0.0375 e. The number of hydrogen-bond donors (Lipinski definition) is 1. The monoisotopic (exact) mass is 274 g/mol. The maximum atomic E-state index is 4.29. The molecule has 2 aromatic heterocycles. The fourth-order valence-electron chi connectivity index (χ4n) is 2.23. The van der Waals surface area contributed by atoms with E-state index in [4.69, 9.17) is 0 Å². The minimum absolute atomic E-state index is 0.434. The van der Waals surface area contributed by atoms with Gasteiger partial charge in [-0.3, -0.25) is 4.98 Å². The summed E-state index contributed by atoms with van der Waals surface area (Å²) in [4.78, 5) is 5.75. The molecule has 2 rings (SSSR count). The largest absolute Gasteiger partial charge is 0.310 e. The predicted octanol–water partition coefficient (Wildman–Crippen LogP) is 4.13. The summed E-state index contributed by atoms with van der Waals surface area (Å²) in [6.45, 7) is 5.33. The minimum Gasteiger partial charge on any atom is -0.310 e. The van der Waals surface area contributed by atoms with Crippen LogP contribution in [0.2, 0.25) is 0 Å². The highest BCUT2D eigenvalue weighted by Crippen LogP contribution is 2.21. The van der Waals surface area contributed by atoms with E-state index in [1.54, 1.807) is 0 Å². The summed E-state index contributed by atoms with van der Waals surface area (Å²) in [7, 11) is 0. The first-order valence-corrected chi connectivity index (χ1v) is 7.86. The van der Waals surface area contributed by atoms with Crippen molar-refractivity contribution in [3.63, 3.8) is 0 Å². The maximum Gasteiger partial charge on any atom is 0.0375 e. The molecule has 1 N–H and O–H groups in total. The Labute approximate surface area is 119 Å². The van der Waals surface area contributed by atoms with E-state index in [9.17, 15) is 0 Å². The number of rotatable bonds is 7. The molecule has 1 atom stereocenters. The third kappa shape index (κ3) is 4.44. The molecule has 0 spiro atoms. The Balaban J connectivity index is 2.02. The molecule has 3 heteroatoms. The first-order chi connectivity index (χ1) is 9.29. The lowest BCUT2D eigenvalue weighted by Gasteiger charge is -2.19. The number of nitrogens with one attached hydrogen (secondary N) is 1. The minimum atomic E-state index is 0.434. The molecule has 102 valence electrons. The number of aryl methyl sites for hydroxylation is 2. The van der Waals surface area contributed by atoms with Crippen molar-refractivity contribution in [3.05, 3.63) is 52.0 Å². The van der Waals surface area contributed by atoms with E-state index in [1.807, 2.05) is 17.5 Å². The molecule has 0 saturated heterocycles. The molecule has 19 heavy (non-hydrogen) atoms. The normalized spacial score (nSPS) is 12.5. The first-order valence-electron chi connectivity index (χ1n) is 6.98. The molecule has 0 bridgehead atoms. The number of hydrogen-bond acceptors (Lipinski definition) is 3. The molecule has 2 aromatic rings. The fourth-order valence-corrected chi connectivity index (χ4v) is 2.96. The van der Waals surface area contributed by atoms with Crippen molar-refractivity contribution in [2.75, 3.05) is 6.54 Å². The lowest BCUT2D eigenvalue weighted by atomic mass is 10.0. The lowest BCUT2D eigenvalue weighted by Crippen LogP contribution is -2.22. The van der Waals surface area contributed by atoms with Crippen LogP contribution in [0.3, 0.4) is 0 Å². The van der Waals surface area contributed by atoms with E-state index in [0.717, 1.165) is 25.1 Å². The molecule has 0 aromatic carbocycles. The fraction of sp³-hybridized carbons (Fsp3) is 0.438. The van der Waals surface area contributed by atoms with Gasteiger partial charge in [-0.15, -0.1) is 11.3 Å². The van der Waals surface area contributed by atoms with E-state index in [-0.39, 0.29) is 0 Å². The van der Waals surface area contributed by atoms with Crippen LogP contribution in [-0.4, -0.2) is 11.5 Å². The van der Waals surface area contributed by atoms with Crippen molar-refractivity contribution in [1.29, 1.82) is 0 Å². The molecule has 0 aliphatic carbocycles. The van der Waals surface area contributed by atoms with E-state index < -0.39 is 0 Å². The van der Waals surface area contributed by atoms with Gasteiger partial charge >= 0.3 is 0 Å². The highest BCUT2D eigenvalue weighted by atomic mass is 32.1. The Kier molecular flexibility index (Phi) is 5.55. The van der Waals surface area contributed by atoms with Crippen molar-refractivity contribution in [1.82, 2.24) is 10.3 Å². The maximum absolute atomic E-state index is 4.29. The number of nitrogens with zero attached hydrogens (tertiary/aromatic N) is 1. The molecule has 0 amide bonds. The summed E-state index contributed by atoms with van der Waals surface area (Å²) >= 11 is 1.85. The highest BCUT2D eigenvalue weighted by molar-refractivity contribution is 7.09. The third-order valence-corrected chi connectivity index (χ3v) is 4.16. The summed E-state index contributed by atoms with van der Waals surface area (Å²) < 4.78 is 0. The van der Waals surface area contributed by atoms with Gasteiger partial charge < -0.3 is 5.32 Å². The van der Waals surface area contributed by atoms with Gasteiger partial charge in [0, 0.05) is 22.8 Å². The molecule has 0 radical (unpaired) electrons. The SMILES string of the molecule is CCCNC(CCc1cccs1)c1ccnc(C)c1. The van der Waals surface area contributed by atoms with Crippen molar-refractivity contribution < 1.29 is 0 Å². The van der Waals surface area contributed by atoms with Gasteiger partial charge in [-0.05, 0) is 61.9 Å². The Bertz CT molecular complexity index is 479. The average Bonchev–Trinajstić information content (AvgIpc) is 2.92. The summed E-state index contributed by atoms with van der Waals surface area (Å²) in [6.07, 6.45) is 5.36. The summed E-state index contributed by atoms with van der Waals surface area (Å²) in [5.41, 5.74) is 2.45. The molecule has 2 nitrogen and oxygen atoms in total. The number of aromatic nitrogens is 1. The van der Waals surface area contributed by atoms with Crippen LogP contribution < -0.4 is 5.32 Å². The second-order valence-electron chi connectivity index (χ2n) is 4.86. The van der Waals surface area contributed by atoms with E-state index >= 15 is 0 Å². The Morgan fingerprint density at radius 1 is 1.37 bits per heavy atom. The van der Waals surface area contributed by atoms with E-state index in [1.165, 1.54) is 16.9 Å². The predicted molar refractivity (Wildman–Crippen MR) is 82.6 cm³/mol. The highest BCUT2D eigenvalue weighted by Gasteiger charge is 2.11. The summed E-state index contributed by atoms with van der Waals surface area (Å²) in [6, 6.07) is 9.12. The van der Waals surface area contributed by atoms with Crippen LogP contribution in [-0.2, 0) is 6.42 Å². The molecule has 0 fully saturated rings. The molecule has 0 aliphatic rings. The number of pyridine rings is 1. The van der Waals surface area contributed by atoms with Gasteiger partial charge in [0.2, 0.25) is 0 Å². The Morgan fingerprint density at radius 3 is 2.95 bits per heavy atom. The van der Waals surface area contributed by atoms with Gasteiger partial charge in [0.05, 0.1) is 0 Å². The van der Waals surface area contributed by atoms with E-state index in [2.05, 4.69) is 53.8 Å². The summed E-state index contributed by atoms with van der Waals surface area (Å²) in [5.74, 6) is 0. The van der Waals surface area contributed by atoms with Crippen molar-refractivity contribution >= 4 is 11.3 Å². The quantitative estimate of drug-likeness (QED) is 0.821. The lowest BCUT2D eigenvalue weighted by molar-refractivity contribution is 0.500. The summed E-state index contributed by atoms with van der Waals surface area (Å²) in [5, 5.41) is 5.81. The van der Waals surface area contributed by atoms with Crippen LogP contribution in [0, 0.1) is 6.92 Å². The molecule has 2 heterocycles. The van der Waals surface area contributed by atoms with Gasteiger partial charge in [-0.25, -0.2) is 0 Å². The zero-order chi connectivity index (χ0) is 13.5. The van der Waals surface area contributed by atoms with Gasteiger partial charge in [-0.1, -0.05) is 13.0 Å². The molecule has 0 aliphatic heterocycles. The van der Waals surface area contributed by atoms with Crippen LogP contribution in [0.1, 0.15) is 41.9 Å². The third-order valence-electron chi connectivity index (χ3n) is 3.22. The van der Waals surface area contributed by atoms with Crippen molar-refractivity contribution in [2.24, 2.45) is 0 Å². The van der Waals surface area contributed by atoms with Gasteiger partial charge in [0.25, 0.3) is 0 Å². The van der Waals surface area contributed by atoms with Gasteiger partial charge in [0.15, 0.2) is 0 Å². The zero-order valence-electron chi connectivity index (χ0n) is 11.7. The standard InChI is InChI=1S/C16H22N2S/c1-3-9-18-16(7-6-15-5-4-11-19-15)14-8-10-17-13(2)12-14/h4-5,8,10-12,16,18H,3,6-7,9H2,1-2H3. The average molecular weight is 274 g/mol. The molecule has 0 saturated carbocycles.